The van der Waals surface area contributed by atoms with Crippen LogP contribution in [0, 0.1) is 0 Å². The average molecular weight is 381 g/mol. The zero-order valence-corrected chi connectivity index (χ0v) is 16.0. The Morgan fingerprint density at radius 1 is 0.929 bits per heavy atom. The number of ether oxygens (including phenoxy) is 1. The summed E-state index contributed by atoms with van der Waals surface area (Å²) >= 11 is 0. The number of hydrogen-bond donors (Lipinski definition) is 2. The number of para-hydroxylation sites is 1. The van der Waals surface area contributed by atoms with Crippen LogP contribution >= 0.6 is 0 Å². The molecule has 0 atom stereocenters. The van der Waals surface area contributed by atoms with Crippen LogP contribution in [0.2, 0.25) is 0 Å². The summed E-state index contributed by atoms with van der Waals surface area (Å²) in [4.78, 5) is 26.3. The van der Waals surface area contributed by atoms with Gasteiger partial charge in [0.05, 0.1) is 13.2 Å². The number of nitrogens with one attached hydrogen (secondary N) is 2. The van der Waals surface area contributed by atoms with Crippen molar-refractivity contribution in [3.63, 3.8) is 0 Å². The number of likely N-dealkylation sites (tertiary alicyclic amines) is 1. The molecule has 0 bridgehead atoms. The lowest BCUT2D eigenvalue weighted by Gasteiger charge is -2.31. The minimum atomic E-state index is -0.0869. The summed E-state index contributed by atoms with van der Waals surface area (Å²) in [6.07, 6.45) is 1.67. The van der Waals surface area contributed by atoms with E-state index in [9.17, 15) is 9.59 Å². The topological polar surface area (TPSA) is 70.7 Å². The number of amides is 2. The van der Waals surface area contributed by atoms with Crippen molar-refractivity contribution >= 4 is 17.5 Å². The van der Waals surface area contributed by atoms with Crippen LogP contribution in [0.5, 0.6) is 0 Å². The first-order chi connectivity index (χ1) is 13.7. The Morgan fingerprint density at radius 2 is 1.57 bits per heavy atom. The van der Waals surface area contributed by atoms with E-state index < -0.39 is 0 Å². The van der Waals surface area contributed by atoms with Gasteiger partial charge in [0.15, 0.2) is 0 Å². The minimum Gasteiger partial charge on any atom is -0.367 e. The van der Waals surface area contributed by atoms with Crippen LogP contribution in [0.1, 0.15) is 18.4 Å². The third-order valence-electron chi connectivity index (χ3n) is 4.72. The summed E-state index contributed by atoms with van der Waals surface area (Å²) in [7, 11) is 0. The molecule has 148 valence electrons. The molecule has 2 amide bonds. The molecule has 3 rings (SSSR count). The van der Waals surface area contributed by atoms with Gasteiger partial charge in [-0.05, 0) is 30.5 Å². The number of nitrogens with zero attached hydrogens (tertiary/aromatic N) is 1. The number of carbonyl (C=O) groups excluding carboxylic acids is 2. The molecular weight excluding hydrogens is 354 g/mol. The fraction of sp³-hybridized carbons (Fsp3) is 0.364. The molecule has 1 saturated heterocycles. The first-order valence-corrected chi connectivity index (χ1v) is 9.67. The smallest absolute Gasteiger partial charge is 0.246 e. The van der Waals surface area contributed by atoms with Crippen LogP contribution in [0.15, 0.2) is 60.7 Å². The van der Waals surface area contributed by atoms with Crippen molar-refractivity contribution in [3.8, 4) is 0 Å². The maximum absolute atomic E-state index is 12.1. The molecule has 28 heavy (non-hydrogen) atoms. The Hall–Kier alpha value is -2.70. The summed E-state index contributed by atoms with van der Waals surface area (Å²) in [5, 5.41) is 5.93. The standard InChI is InChI=1S/C22H27N3O3/c26-21(23-19-9-5-2-6-10-19)15-25-13-11-20(12-14-25)24-22(27)17-28-16-18-7-3-1-4-8-18/h1-10,20H,11-17H2,(H,23,26)(H,24,27). The zero-order valence-electron chi connectivity index (χ0n) is 16.0. The number of carbonyl (C=O) groups is 2. The zero-order chi connectivity index (χ0) is 19.6. The van der Waals surface area contributed by atoms with Gasteiger partial charge in [-0.15, -0.1) is 0 Å². The molecule has 0 aliphatic carbocycles. The highest BCUT2D eigenvalue weighted by Crippen LogP contribution is 2.11. The Balaban J connectivity index is 1.30. The van der Waals surface area contributed by atoms with E-state index in [1.165, 1.54) is 0 Å². The third kappa shape index (κ3) is 6.79. The molecule has 2 aromatic carbocycles. The van der Waals surface area contributed by atoms with Gasteiger partial charge >= 0.3 is 0 Å². The van der Waals surface area contributed by atoms with E-state index in [0.29, 0.717) is 13.2 Å². The van der Waals surface area contributed by atoms with Crippen LogP contribution in [0.4, 0.5) is 5.69 Å². The maximum atomic E-state index is 12.1. The molecule has 0 aromatic heterocycles. The lowest BCUT2D eigenvalue weighted by Crippen LogP contribution is -2.47. The Labute approximate surface area is 165 Å². The molecule has 0 radical (unpaired) electrons. The normalized spacial score (nSPS) is 15.1. The molecular formula is C22H27N3O3. The monoisotopic (exact) mass is 381 g/mol. The first kappa shape index (κ1) is 20.0. The average Bonchev–Trinajstić information content (AvgIpc) is 2.71. The van der Waals surface area contributed by atoms with E-state index >= 15 is 0 Å². The van der Waals surface area contributed by atoms with Crippen molar-refractivity contribution in [2.75, 3.05) is 31.6 Å². The third-order valence-corrected chi connectivity index (χ3v) is 4.72. The maximum Gasteiger partial charge on any atom is 0.246 e. The lowest BCUT2D eigenvalue weighted by atomic mass is 10.1. The number of piperidine rings is 1. The Kier molecular flexibility index (Phi) is 7.58. The Bertz CT molecular complexity index is 744. The van der Waals surface area contributed by atoms with Crippen LogP contribution in [0.3, 0.4) is 0 Å². The summed E-state index contributed by atoms with van der Waals surface area (Å²) in [6, 6.07) is 19.4. The molecule has 6 heteroatoms. The summed E-state index contributed by atoms with van der Waals surface area (Å²) in [6.45, 7) is 2.45. The largest absolute Gasteiger partial charge is 0.367 e. The number of rotatable bonds is 8. The lowest BCUT2D eigenvalue weighted by molar-refractivity contribution is -0.127. The van der Waals surface area contributed by atoms with Gasteiger partial charge in [0, 0.05) is 24.8 Å². The molecule has 0 saturated carbocycles. The van der Waals surface area contributed by atoms with Crippen molar-refractivity contribution in [1.29, 1.82) is 0 Å². The van der Waals surface area contributed by atoms with E-state index in [4.69, 9.17) is 4.74 Å². The van der Waals surface area contributed by atoms with Crippen molar-refractivity contribution in [2.45, 2.75) is 25.5 Å². The van der Waals surface area contributed by atoms with Crippen molar-refractivity contribution in [2.24, 2.45) is 0 Å². The van der Waals surface area contributed by atoms with Crippen molar-refractivity contribution < 1.29 is 14.3 Å². The van der Waals surface area contributed by atoms with Crippen LogP contribution in [-0.2, 0) is 20.9 Å². The number of benzene rings is 2. The molecule has 2 N–H and O–H groups in total. The SMILES string of the molecule is O=C(CN1CCC(NC(=O)COCc2ccccc2)CC1)Nc1ccccc1. The van der Waals surface area contributed by atoms with Crippen LogP contribution in [-0.4, -0.2) is 49.0 Å². The first-order valence-electron chi connectivity index (χ1n) is 9.67. The molecule has 1 aliphatic rings. The van der Waals surface area contributed by atoms with Gasteiger partial charge in [0.1, 0.15) is 6.61 Å². The van der Waals surface area contributed by atoms with Gasteiger partial charge in [-0.1, -0.05) is 48.5 Å². The van der Waals surface area contributed by atoms with E-state index in [1.807, 2.05) is 60.7 Å². The van der Waals surface area contributed by atoms with Crippen molar-refractivity contribution in [3.05, 3.63) is 66.2 Å². The molecule has 0 spiro atoms. The fourth-order valence-corrected chi connectivity index (χ4v) is 3.27. The molecule has 1 aliphatic heterocycles. The molecule has 2 aromatic rings. The highest BCUT2D eigenvalue weighted by Gasteiger charge is 2.22. The second-order valence-corrected chi connectivity index (χ2v) is 7.01. The second kappa shape index (κ2) is 10.6. The molecule has 6 nitrogen and oxygen atoms in total. The van der Waals surface area contributed by atoms with Gasteiger partial charge in [-0.25, -0.2) is 0 Å². The molecule has 0 unspecified atom stereocenters. The Morgan fingerprint density at radius 3 is 2.25 bits per heavy atom. The van der Waals surface area contributed by atoms with E-state index in [1.54, 1.807) is 0 Å². The van der Waals surface area contributed by atoms with Crippen LogP contribution in [0.25, 0.3) is 0 Å². The second-order valence-electron chi connectivity index (χ2n) is 7.01. The quantitative estimate of drug-likeness (QED) is 0.737. The summed E-state index contributed by atoms with van der Waals surface area (Å²) in [5.41, 5.74) is 1.86. The van der Waals surface area contributed by atoms with Crippen molar-refractivity contribution in [1.82, 2.24) is 10.2 Å². The predicted octanol–water partition coefficient (Wildman–Crippen LogP) is 2.42. The van der Waals surface area contributed by atoms with Gasteiger partial charge in [0.25, 0.3) is 0 Å². The highest BCUT2D eigenvalue weighted by atomic mass is 16.5. The summed E-state index contributed by atoms with van der Waals surface area (Å²) < 4.78 is 5.48. The molecule has 1 heterocycles. The van der Waals surface area contributed by atoms with Gasteiger partial charge in [0.2, 0.25) is 11.8 Å². The fourth-order valence-electron chi connectivity index (χ4n) is 3.27. The number of hydrogen-bond acceptors (Lipinski definition) is 4. The van der Waals surface area contributed by atoms with E-state index in [2.05, 4.69) is 15.5 Å². The molecule has 1 fully saturated rings. The van der Waals surface area contributed by atoms with Gasteiger partial charge in [-0.2, -0.15) is 0 Å². The number of anilines is 1. The van der Waals surface area contributed by atoms with Crippen LogP contribution < -0.4 is 10.6 Å². The highest BCUT2D eigenvalue weighted by molar-refractivity contribution is 5.92. The van der Waals surface area contributed by atoms with Gasteiger partial charge < -0.3 is 15.4 Å². The van der Waals surface area contributed by atoms with E-state index in [-0.39, 0.29) is 24.5 Å². The summed E-state index contributed by atoms with van der Waals surface area (Å²) in [5.74, 6) is -0.0980. The van der Waals surface area contributed by atoms with E-state index in [0.717, 1.165) is 37.2 Å². The predicted molar refractivity (Wildman–Crippen MR) is 109 cm³/mol. The minimum absolute atomic E-state index is 0.0111. The van der Waals surface area contributed by atoms with Gasteiger partial charge in [-0.3, -0.25) is 14.5 Å².